The Labute approximate surface area is 88.2 Å². The van der Waals surface area contributed by atoms with Gasteiger partial charge >= 0.3 is 0 Å². The van der Waals surface area contributed by atoms with Crippen molar-refractivity contribution in [2.75, 3.05) is 6.61 Å². The molecule has 3 heterocycles. The van der Waals surface area contributed by atoms with Crippen molar-refractivity contribution in [1.29, 1.82) is 0 Å². The molecular formula is C11H13NO3. The summed E-state index contributed by atoms with van der Waals surface area (Å²) in [5.74, 6) is 0.266. The lowest BCUT2D eigenvalue weighted by atomic mass is 10.2. The van der Waals surface area contributed by atoms with Gasteiger partial charge in [-0.1, -0.05) is 0 Å². The van der Waals surface area contributed by atoms with Gasteiger partial charge < -0.3 is 14.2 Å². The summed E-state index contributed by atoms with van der Waals surface area (Å²) in [6.07, 6.45) is 0.185. The maximum atomic E-state index is 5.65. The number of aromatic nitrogens is 1. The Hall–Kier alpha value is -1.13. The van der Waals surface area contributed by atoms with Crippen molar-refractivity contribution in [3.05, 3.63) is 23.5 Å². The Balaban J connectivity index is 1.93. The molecule has 0 amide bonds. The molecule has 80 valence electrons. The number of hydrogen-bond acceptors (Lipinski definition) is 4. The van der Waals surface area contributed by atoms with Crippen molar-refractivity contribution in [2.45, 2.75) is 32.3 Å². The van der Waals surface area contributed by atoms with E-state index in [1.807, 2.05) is 26.0 Å². The summed E-state index contributed by atoms with van der Waals surface area (Å²) in [4.78, 5) is 4.47. The van der Waals surface area contributed by atoms with Crippen LogP contribution in [0.4, 0.5) is 0 Å². The first kappa shape index (κ1) is 9.12. The molecule has 0 spiro atoms. The van der Waals surface area contributed by atoms with Crippen LogP contribution in [0.2, 0.25) is 0 Å². The zero-order chi connectivity index (χ0) is 10.5. The second-order valence-electron chi connectivity index (χ2n) is 4.29. The zero-order valence-corrected chi connectivity index (χ0v) is 8.82. The number of ether oxygens (including phenoxy) is 3. The zero-order valence-electron chi connectivity index (χ0n) is 8.82. The number of fused-ring (bicyclic) bond motifs is 1. The monoisotopic (exact) mass is 207 g/mol. The van der Waals surface area contributed by atoms with Crippen LogP contribution in [-0.2, 0) is 16.1 Å². The van der Waals surface area contributed by atoms with Gasteiger partial charge in [0.2, 0.25) is 5.79 Å². The lowest BCUT2D eigenvalue weighted by Crippen LogP contribution is -2.35. The fraction of sp³-hybridized carbons (Fsp3) is 0.545. The van der Waals surface area contributed by atoms with Crippen molar-refractivity contribution in [2.24, 2.45) is 0 Å². The molecule has 2 aliphatic heterocycles. The minimum absolute atomic E-state index is 0.185. The number of rotatable bonds is 1. The maximum absolute atomic E-state index is 5.65. The van der Waals surface area contributed by atoms with E-state index < -0.39 is 5.79 Å². The summed E-state index contributed by atoms with van der Waals surface area (Å²) < 4.78 is 16.4. The summed E-state index contributed by atoms with van der Waals surface area (Å²) in [7, 11) is 0. The van der Waals surface area contributed by atoms with Gasteiger partial charge in [0.15, 0.2) is 0 Å². The maximum Gasteiger partial charge on any atom is 0.205 e. The molecule has 1 unspecified atom stereocenters. The van der Waals surface area contributed by atoms with Crippen molar-refractivity contribution >= 4 is 0 Å². The SMILES string of the molecule is CC1(C)OCc2nc(C3CO3)ccc2O1. The first-order valence-electron chi connectivity index (χ1n) is 5.08. The van der Waals surface area contributed by atoms with Crippen LogP contribution < -0.4 is 4.74 Å². The van der Waals surface area contributed by atoms with Gasteiger partial charge in [-0.2, -0.15) is 0 Å². The van der Waals surface area contributed by atoms with Crippen LogP contribution in [-0.4, -0.2) is 17.4 Å². The van der Waals surface area contributed by atoms with Gasteiger partial charge in [0.05, 0.1) is 18.9 Å². The molecule has 1 saturated heterocycles. The lowest BCUT2D eigenvalue weighted by Gasteiger charge is -2.31. The first-order chi connectivity index (χ1) is 7.14. The van der Waals surface area contributed by atoms with Crippen molar-refractivity contribution in [3.8, 4) is 5.75 Å². The molecule has 1 aromatic heterocycles. The quantitative estimate of drug-likeness (QED) is 0.658. The highest BCUT2D eigenvalue weighted by molar-refractivity contribution is 5.32. The van der Waals surface area contributed by atoms with Crippen molar-refractivity contribution in [1.82, 2.24) is 4.98 Å². The van der Waals surface area contributed by atoms with E-state index in [0.717, 1.165) is 23.7 Å². The number of pyridine rings is 1. The average molecular weight is 207 g/mol. The van der Waals surface area contributed by atoms with Gasteiger partial charge in [-0.3, -0.25) is 0 Å². The molecule has 4 heteroatoms. The Morgan fingerprint density at radius 2 is 2.20 bits per heavy atom. The van der Waals surface area contributed by atoms with E-state index >= 15 is 0 Å². The highest BCUT2D eigenvalue weighted by Crippen LogP contribution is 2.34. The Kier molecular flexibility index (Phi) is 1.78. The Morgan fingerprint density at radius 3 is 2.93 bits per heavy atom. The van der Waals surface area contributed by atoms with E-state index in [9.17, 15) is 0 Å². The van der Waals surface area contributed by atoms with Gasteiger partial charge in [0.1, 0.15) is 17.5 Å². The summed E-state index contributed by atoms with van der Waals surface area (Å²) in [6, 6.07) is 3.90. The van der Waals surface area contributed by atoms with Crippen LogP contribution >= 0.6 is 0 Å². The topological polar surface area (TPSA) is 43.9 Å². The van der Waals surface area contributed by atoms with Crippen LogP contribution in [0.5, 0.6) is 5.75 Å². The van der Waals surface area contributed by atoms with E-state index in [4.69, 9.17) is 14.2 Å². The molecule has 0 saturated carbocycles. The van der Waals surface area contributed by atoms with Crippen LogP contribution in [0.15, 0.2) is 12.1 Å². The fourth-order valence-electron chi connectivity index (χ4n) is 1.64. The molecule has 0 bridgehead atoms. The van der Waals surface area contributed by atoms with Crippen molar-refractivity contribution < 1.29 is 14.2 Å². The largest absolute Gasteiger partial charge is 0.461 e. The minimum atomic E-state index is -0.549. The summed E-state index contributed by atoms with van der Waals surface area (Å²) in [6.45, 7) is 5.07. The third-order valence-electron chi connectivity index (χ3n) is 2.53. The standard InChI is InChI=1S/C11H13NO3/c1-11(2)14-5-8-9(15-11)4-3-7(12-8)10-6-13-10/h3-4,10H,5-6H2,1-2H3. The van der Waals surface area contributed by atoms with Gasteiger partial charge in [-0.05, 0) is 12.1 Å². The molecule has 0 aromatic carbocycles. The van der Waals surface area contributed by atoms with Crippen LogP contribution in [0, 0.1) is 0 Å². The summed E-state index contributed by atoms with van der Waals surface area (Å²) in [5, 5.41) is 0. The van der Waals surface area contributed by atoms with Crippen LogP contribution in [0.25, 0.3) is 0 Å². The second-order valence-corrected chi connectivity index (χ2v) is 4.29. The van der Waals surface area contributed by atoms with Gasteiger partial charge in [0.25, 0.3) is 0 Å². The fourth-order valence-corrected chi connectivity index (χ4v) is 1.64. The minimum Gasteiger partial charge on any atom is -0.461 e. The van der Waals surface area contributed by atoms with Gasteiger partial charge in [0, 0.05) is 13.8 Å². The number of nitrogens with zero attached hydrogens (tertiary/aromatic N) is 1. The molecule has 1 aromatic rings. The molecule has 4 nitrogen and oxygen atoms in total. The molecule has 1 atom stereocenters. The number of epoxide rings is 1. The Bertz CT molecular complexity index is 399. The number of hydrogen-bond donors (Lipinski definition) is 0. The normalized spacial score (nSPS) is 26.7. The molecule has 1 fully saturated rings. The van der Waals surface area contributed by atoms with Crippen LogP contribution in [0.3, 0.4) is 0 Å². The summed E-state index contributed by atoms with van der Waals surface area (Å²) >= 11 is 0. The molecule has 0 N–H and O–H groups in total. The molecular weight excluding hydrogens is 194 g/mol. The third-order valence-corrected chi connectivity index (χ3v) is 2.53. The van der Waals surface area contributed by atoms with E-state index in [2.05, 4.69) is 4.98 Å². The predicted molar refractivity (Wildman–Crippen MR) is 52.4 cm³/mol. The second kappa shape index (κ2) is 2.93. The van der Waals surface area contributed by atoms with Gasteiger partial charge in [-0.25, -0.2) is 4.98 Å². The van der Waals surface area contributed by atoms with E-state index in [1.54, 1.807) is 0 Å². The lowest BCUT2D eigenvalue weighted by molar-refractivity contribution is -0.181. The average Bonchev–Trinajstić information content (AvgIpc) is 2.99. The summed E-state index contributed by atoms with van der Waals surface area (Å²) in [5.41, 5.74) is 1.84. The third kappa shape index (κ3) is 1.70. The molecule has 0 aliphatic carbocycles. The molecule has 15 heavy (non-hydrogen) atoms. The van der Waals surface area contributed by atoms with Gasteiger partial charge in [-0.15, -0.1) is 0 Å². The van der Waals surface area contributed by atoms with Crippen LogP contribution in [0.1, 0.15) is 31.3 Å². The smallest absolute Gasteiger partial charge is 0.205 e. The predicted octanol–water partition coefficient (Wildman–Crippen LogP) is 1.80. The highest BCUT2D eigenvalue weighted by atomic mass is 16.7. The molecule has 2 aliphatic rings. The van der Waals surface area contributed by atoms with Crippen molar-refractivity contribution in [3.63, 3.8) is 0 Å². The van der Waals surface area contributed by atoms with E-state index in [-0.39, 0.29) is 6.10 Å². The van der Waals surface area contributed by atoms with E-state index in [1.165, 1.54) is 0 Å². The highest BCUT2D eigenvalue weighted by Gasteiger charge is 2.31. The molecule has 3 rings (SSSR count). The first-order valence-corrected chi connectivity index (χ1v) is 5.08. The van der Waals surface area contributed by atoms with E-state index in [0.29, 0.717) is 6.61 Å². The Morgan fingerprint density at radius 1 is 1.40 bits per heavy atom. The molecule has 0 radical (unpaired) electrons.